The third kappa shape index (κ3) is 2.23. The highest BCUT2D eigenvalue weighted by atomic mass is 32.1. The SMILES string of the molecule is Cc1nc2ccc(NC(=O)[C@H]3CCNC3)cc2s1. The molecule has 0 saturated carbocycles. The van der Waals surface area contributed by atoms with Crippen LogP contribution in [0, 0.1) is 12.8 Å². The number of fused-ring (bicyclic) bond motifs is 1. The van der Waals surface area contributed by atoms with E-state index in [0.29, 0.717) is 0 Å². The normalized spacial score (nSPS) is 19.3. The molecule has 1 atom stereocenters. The van der Waals surface area contributed by atoms with E-state index in [1.54, 1.807) is 11.3 Å². The molecule has 5 heteroatoms. The fourth-order valence-corrected chi connectivity index (χ4v) is 3.11. The molecule has 3 rings (SSSR count). The number of carbonyl (C=O) groups excluding carboxylic acids is 1. The molecule has 2 heterocycles. The van der Waals surface area contributed by atoms with Gasteiger partial charge in [-0.25, -0.2) is 4.98 Å². The number of benzene rings is 1. The first-order valence-electron chi connectivity index (χ1n) is 6.11. The van der Waals surface area contributed by atoms with E-state index in [1.807, 2.05) is 25.1 Å². The van der Waals surface area contributed by atoms with E-state index >= 15 is 0 Å². The van der Waals surface area contributed by atoms with Crippen LogP contribution in [0.25, 0.3) is 10.2 Å². The average molecular weight is 261 g/mol. The number of hydrogen-bond donors (Lipinski definition) is 2. The zero-order chi connectivity index (χ0) is 12.5. The lowest BCUT2D eigenvalue weighted by atomic mass is 10.1. The molecule has 0 aliphatic carbocycles. The zero-order valence-corrected chi connectivity index (χ0v) is 11.0. The second-order valence-electron chi connectivity index (χ2n) is 4.59. The molecule has 2 aromatic rings. The summed E-state index contributed by atoms with van der Waals surface area (Å²) in [6.45, 7) is 3.71. The molecular formula is C13H15N3OS. The molecule has 1 aromatic carbocycles. The van der Waals surface area contributed by atoms with Crippen molar-refractivity contribution in [3.8, 4) is 0 Å². The van der Waals surface area contributed by atoms with Crippen molar-refractivity contribution in [3.05, 3.63) is 23.2 Å². The van der Waals surface area contributed by atoms with Gasteiger partial charge in [0.05, 0.1) is 21.1 Å². The first-order chi connectivity index (χ1) is 8.72. The molecule has 1 amide bonds. The van der Waals surface area contributed by atoms with Crippen molar-refractivity contribution >= 4 is 33.1 Å². The molecule has 1 aliphatic heterocycles. The summed E-state index contributed by atoms with van der Waals surface area (Å²) in [4.78, 5) is 16.4. The summed E-state index contributed by atoms with van der Waals surface area (Å²) in [6, 6.07) is 5.88. The number of amides is 1. The smallest absolute Gasteiger partial charge is 0.228 e. The summed E-state index contributed by atoms with van der Waals surface area (Å²) < 4.78 is 1.12. The van der Waals surface area contributed by atoms with Gasteiger partial charge in [0.1, 0.15) is 0 Å². The van der Waals surface area contributed by atoms with E-state index in [9.17, 15) is 4.79 Å². The number of aromatic nitrogens is 1. The summed E-state index contributed by atoms with van der Waals surface area (Å²) in [5.74, 6) is 0.212. The third-order valence-corrected chi connectivity index (χ3v) is 4.13. The zero-order valence-electron chi connectivity index (χ0n) is 10.2. The number of aryl methyl sites for hydroxylation is 1. The summed E-state index contributed by atoms with van der Waals surface area (Å²) in [7, 11) is 0. The molecule has 0 unspecified atom stereocenters. The van der Waals surface area contributed by atoms with E-state index in [0.717, 1.165) is 40.4 Å². The molecular weight excluding hydrogens is 246 g/mol. The minimum Gasteiger partial charge on any atom is -0.326 e. The Labute approximate surface area is 109 Å². The second-order valence-corrected chi connectivity index (χ2v) is 5.83. The molecule has 94 valence electrons. The first-order valence-corrected chi connectivity index (χ1v) is 6.93. The Balaban J connectivity index is 1.79. The van der Waals surface area contributed by atoms with Gasteiger partial charge in [-0.05, 0) is 38.1 Å². The molecule has 4 nitrogen and oxygen atoms in total. The average Bonchev–Trinajstić information content (AvgIpc) is 2.95. The van der Waals surface area contributed by atoms with Crippen LogP contribution >= 0.6 is 11.3 Å². The second kappa shape index (κ2) is 4.66. The summed E-state index contributed by atoms with van der Waals surface area (Å²) >= 11 is 1.65. The predicted molar refractivity (Wildman–Crippen MR) is 74.0 cm³/mol. The number of carbonyl (C=O) groups is 1. The highest BCUT2D eigenvalue weighted by molar-refractivity contribution is 7.18. The van der Waals surface area contributed by atoms with Crippen LogP contribution in [0.2, 0.25) is 0 Å². The van der Waals surface area contributed by atoms with Crippen LogP contribution in [-0.2, 0) is 4.79 Å². The van der Waals surface area contributed by atoms with Gasteiger partial charge >= 0.3 is 0 Å². The highest BCUT2D eigenvalue weighted by Crippen LogP contribution is 2.25. The molecule has 1 saturated heterocycles. The number of hydrogen-bond acceptors (Lipinski definition) is 4. The maximum atomic E-state index is 12.0. The van der Waals surface area contributed by atoms with Gasteiger partial charge in [0, 0.05) is 12.2 Å². The molecule has 1 aromatic heterocycles. The summed E-state index contributed by atoms with van der Waals surface area (Å²) in [5, 5.41) is 7.24. The lowest BCUT2D eigenvalue weighted by molar-refractivity contribution is -0.119. The quantitative estimate of drug-likeness (QED) is 0.871. The number of thiazole rings is 1. The monoisotopic (exact) mass is 261 g/mol. The Morgan fingerprint density at radius 2 is 2.44 bits per heavy atom. The third-order valence-electron chi connectivity index (χ3n) is 3.19. The predicted octanol–water partition coefficient (Wildman–Crippen LogP) is 2.15. The molecule has 2 N–H and O–H groups in total. The van der Waals surface area contributed by atoms with Crippen molar-refractivity contribution in [2.24, 2.45) is 5.92 Å². The van der Waals surface area contributed by atoms with E-state index in [-0.39, 0.29) is 11.8 Å². The van der Waals surface area contributed by atoms with Gasteiger partial charge in [-0.3, -0.25) is 4.79 Å². The number of anilines is 1. The van der Waals surface area contributed by atoms with E-state index in [2.05, 4.69) is 15.6 Å². The molecule has 0 spiro atoms. The van der Waals surface area contributed by atoms with E-state index < -0.39 is 0 Å². The van der Waals surface area contributed by atoms with Gasteiger partial charge in [-0.2, -0.15) is 0 Å². The van der Waals surface area contributed by atoms with Gasteiger partial charge in [-0.15, -0.1) is 11.3 Å². The largest absolute Gasteiger partial charge is 0.326 e. The van der Waals surface area contributed by atoms with Crippen LogP contribution in [-0.4, -0.2) is 24.0 Å². The van der Waals surface area contributed by atoms with Crippen molar-refractivity contribution in [1.29, 1.82) is 0 Å². The molecule has 0 radical (unpaired) electrons. The standard InChI is InChI=1S/C13H15N3OS/c1-8-15-11-3-2-10(6-12(11)18-8)16-13(17)9-4-5-14-7-9/h2-3,6,9,14H,4-5,7H2,1H3,(H,16,17)/t9-/m0/s1. The van der Waals surface area contributed by atoms with Crippen molar-refractivity contribution in [1.82, 2.24) is 10.3 Å². The lowest BCUT2D eigenvalue weighted by Gasteiger charge is -2.09. The van der Waals surface area contributed by atoms with Gasteiger partial charge in [0.15, 0.2) is 0 Å². The Hall–Kier alpha value is -1.46. The summed E-state index contributed by atoms with van der Waals surface area (Å²) in [6.07, 6.45) is 0.924. The van der Waals surface area contributed by atoms with Crippen LogP contribution < -0.4 is 10.6 Å². The van der Waals surface area contributed by atoms with Crippen LogP contribution in [0.15, 0.2) is 18.2 Å². The lowest BCUT2D eigenvalue weighted by Crippen LogP contribution is -2.24. The Kier molecular flexibility index (Phi) is 3.01. The van der Waals surface area contributed by atoms with Crippen LogP contribution in [0.1, 0.15) is 11.4 Å². The van der Waals surface area contributed by atoms with Gasteiger partial charge < -0.3 is 10.6 Å². The first kappa shape index (κ1) is 11.6. The number of nitrogens with zero attached hydrogens (tertiary/aromatic N) is 1. The van der Waals surface area contributed by atoms with Gasteiger partial charge in [0.25, 0.3) is 0 Å². The Morgan fingerprint density at radius 1 is 1.56 bits per heavy atom. The number of rotatable bonds is 2. The minimum atomic E-state index is 0.101. The van der Waals surface area contributed by atoms with Crippen LogP contribution in [0.5, 0.6) is 0 Å². The Morgan fingerprint density at radius 3 is 3.22 bits per heavy atom. The van der Waals surface area contributed by atoms with Crippen molar-refractivity contribution < 1.29 is 4.79 Å². The Bertz CT molecular complexity index is 587. The van der Waals surface area contributed by atoms with E-state index in [4.69, 9.17) is 0 Å². The van der Waals surface area contributed by atoms with Crippen molar-refractivity contribution in [3.63, 3.8) is 0 Å². The summed E-state index contributed by atoms with van der Waals surface area (Å²) in [5.41, 5.74) is 1.86. The molecule has 18 heavy (non-hydrogen) atoms. The maximum Gasteiger partial charge on any atom is 0.228 e. The van der Waals surface area contributed by atoms with Crippen molar-refractivity contribution in [2.75, 3.05) is 18.4 Å². The molecule has 0 bridgehead atoms. The molecule has 1 fully saturated rings. The molecule has 1 aliphatic rings. The fraction of sp³-hybridized carbons (Fsp3) is 0.385. The highest BCUT2D eigenvalue weighted by Gasteiger charge is 2.22. The fourth-order valence-electron chi connectivity index (χ4n) is 2.24. The topological polar surface area (TPSA) is 54.0 Å². The maximum absolute atomic E-state index is 12.0. The van der Waals surface area contributed by atoms with Gasteiger partial charge in [0.2, 0.25) is 5.91 Å². The van der Waals surface area contributed by atoms with Gasteiger partial charge in [-0.1, -0.05) is 0 Å². The van der Waals surface area contributed by atoms with E-state index in [1.165, 1.54) is 0 Å². The number of nitrogens with one attached hydrogen (secondary N) is 2. The van der Waals surface area contributed by atoms with Crippen LogP contribution in [0.3, 0.4) is 0 Å². The van der Waals surface area contributed by atoms with Crippen LogP contribution in [0.4, 0.5) is 5.69 Å². The van der Waals surface area contributed by atoms with Crippen molar-refractivity contribution in [2.45, 2.75) is 13.3 Å². The minimum absolute atomic E-state index is 0.101.